The Morgan fingerprint density at radius 3 is 0.435 bits per heavy atom. The maximum absolute atomic E-state index is 11.7. The number of rotatable bonds is 28. The zero-order valence-electron chi connectivity index (χ0n) is 31.8. The summed E-state index contributed by atoms with van der Waals surface area (Å²) in [5, 5.41) is 0. The highest BCUT2D eigenvalue weighted by Crippen LogP contribution is 2.52. The van der Waals surface area contributed by atoms with E-state index in [1.54, 1.807) is 0 Å². The summed E-state index contributed by atoms with van der Waals surface area (Å²) in [7, 11) is -68.4. The molecule has 2 aliphatic rings. The molecule has 0 N–H and O–H groups in total. The summed E-state index contributed by atoms with van der Waals surface area (Å²) in [6.45, 7) is -5.64. The highest BCUT2D eigenvalue weighted by molar-refractivity contribution is 7.45. The molecule has 0 saturated heterocycles. The molecule has 0 heterocycles. The molecular weight excluding hydrogens is 1190 g/mol. The van der Waals surface area contributed by atoms with Crippen LogP contribution in [0.4, 0.5) is 0 Å². The van der Waals surface area contributed by atoms with Crippen LogP contribution in [0.1, 0.15) is 0 Å². The van der Waals surface area contributed by atoms with Gasteiger partial charge in [0.05, 0.1) is 105 Å². The lowest BCUT2D eigenvalue weighted by Gasteiger charge is -2.56. The molecule has 69 heavy (non-hydrogen) atoms. The Morgan fingerprint density at radius 1 is 0.203 bits per heavy atom. The number of ether oxygens (including phenoxy) is 3. The first-order valence-corrected chi connectivity index (χ1v) is 30.9. The van der Waals surface area contributed by atoms with Gasteiger partial charge in [-0.15, -0.1) is 0 Å². The lowest BCUT2D eigenvalue weighted by molar-refractivity contribution is -0.385. The molecule has 2 fully saturated rings. The first kappa shape index (κ1) is 66.1. The molecule has 0 aliphatic heterocycles. The fourth-order valence-corrected chi connectivity index (χ4v) is 11.3. The van der Waals surface area contributed by atoms with Crippen molar-refractivity contribution in [2.45, 2.75) is 73.2 Å². The Hall–Kier alpha value is 0.980. The van der Waals surface area contributed by atoms with Crippen LogP contribution >= 0.6 is 78.2 Å². The molecule has 2 saturated carbocycles. The molecule has 0 amide bonds. The van der Waals surface area contributed by atoms with E-state index in [1.807, 2.05) is 0 Å². The smallest absolute Gasteiger partial charge is 0.121 e. The largest absolute Gasteiger partial charge is 0.790 e. The van der Waals surface area contributed by atoms with Crippen molar-refractivity contribution in [2.24, 2.45) is 0 Å². The molecule has 2 aliphatic carbocycles. The van der Waals surface area contributed by atoms with Crippen LogP contribution in [0.2, 0.25) is 0 Å². The third-order valence-electron chi connectivity index (χ3n) is 7.47. The van der Waals surface area contributed by atoms with Gasteiger partial charge in [0, 0.05) is 0 Å². The van der Waals surface area contributed by atoms with Gasteiger partial charge in [-0.3, -0.25) is 0 Å². The minimum atomic E-state index is -6.85. The average Bonchev–Trinajstić information content (AvgIpc) is 3.03. The molecule has 53 heteroatoms. The van der Waals surface area contributed by atoms with Gasteiger partial charge in [0.1, 0.15) is 73.2 Å². The molecule has 2 rings (SSSR count). The van der Waals surface area contributed by atoms with Gasteiger partial charge in [0.2, 0.25) is 0 Å². The number of phosphoric acid groups is 10. The molecule has 0 radical (unpaired) electrons. The highest BCUT2D eigenvalue weighted by Gasteiger charge is 2.58. The second-order valence-electron chi connectivity index (χ2n) is 12.5. The van der Waals surface area contributed by atoms with E-state index in [-0.39, 0.29) is 0 Å². The van der Waals surface area contributed by atoms with Crippen LogP contribution in [0, 0.1) is 0 Å². The van der Waals surface area contributed by atoms with E-state index in [2.05, 4.69) is 45.2 Å². The van der Waals surface area contributed by atoms with Gasteiger partial charge in [-0.25, -0.2) is 0 Å². The Morgan fingerprint density at radius 2 is 0.319 bits per heavy atom. The van der Waals surface area contributed by atoms with Crippen molar-refractivity contribution in [2.75, 3.05) is 26.4 Å². The maximum atomic E-state index is 11.7. The lowest BCUT2D eigenvalue weighted by Crippen LogP contribution is -2.68. The van der Waals surface area contributed by atoms with Crippen molar-refractivity contribution in [3.63, 3.8) is 0 Å². The van der Waals surface area contributed by atoms with Gasteiger partial charge in [-0.05, 0) is 0 Å². The second-order valence-corrected chi connectivity index (χ2v) is 23.5. The van der Waals surface area contributed by atoms with Crippen molar-refractivity contribution in [3.05, 3.63) is 0 Å². The third-order valence-corrected chi connectivity index (χ3v) is 12.5. The van der Waals surface area contributed by atoms with Gasteiger partial charge in [-0.2, -0.15) is 0 Å². The molecule has 412 valence electrons. The average molecular weight is 1210 g/mol. The fourth-order valence-electron chi connectivity index (χ4n) is 5.90. The summed E-state index contributed by atoms with van der Waals surface area (Å²) < 4.78 is 170. The van der Waals surface area contributed by atoms with Crippen molar-refractivity contribution < 1.29 is 203 Å². The van der Waals surface area contributed by atoms with Crippen molar-refractivity contribution >= 4 is 78.2 Å². The highest BCUT2D eigenvalue weighted by atomic mass is 31.2. The third kappa shape index (κ3) is 26.1. The predicted molar refractivity (Wildman–Crippen MR) is 155 cm³/mol. The van der Waals surface area contributed by atoms with Gasteiger partial charge in [0.25, 0.3) is 0 Å². The van der Waals surface area contributed by atoms with Crippen LogP contribution in [-0.4, -0.2) is 99.7 Å². The van der Waals surface area contributed by atoms with Gasteiger partial charge in [-0.1, -0.05) is 0 Å². The maximum Gasteiger partial charge on any atom is 0.121 e. The molecule has 43 nitrogen and oxygen atoms in total. The lowest BCUT2D eigenvalue weighted by atomic mass is 9.85. The summed E-state index contributed by atoms with van der Waals surface area (Å²) >= 11 is 0. The van der Waals surface area contributed by atoms with Crippen molar-refractivity contribution in [1.29, 1.82) is 0 Å². The van der Waals surface area contributed by atoms with Crippen molar-refractivity contribution in [1.82, 2.24) is 0 Å². The molecule has 0 aromatic rings. The zero-order valence-corrected chi connectivity index (χ0v) is 40.7. The normalized spacial score (nSPS) is 29.9. The first-order valence-electron chi connectivity index (χ1n) is 16.3. The van der Waals surface area contributed by atoms with Crippen LogP contribution in [0.15, 0.2) is 0 Å². The second kappa shape index (κ2) is 24.5. The fraction of sp³-hybridized carbons (Fsp3) is 1.00. The van der Waals surface area contributed by atoms with E-state index in [1.165, 1.54) is 0 Å². The minimum absolute atomic E-state index is 1.31. The summed E-state index contributed by atoms with van der Waals surface area (Å²) in [6, 6.07) is 0. The SMILES string of the molecule is O=P([O-])([O-])OC1C(OP(=O)([O-])[O-])[C@@H](OP(=O)([O-])[O-])C(OCCOCCOC2[C@@H](OP(=O)([O-])[O-])[C@H](OP(=O)([O-])[O-])C(OP(=O)([O-])[O-])[C@H](OP(=O)([O-])[O-])[C@H]2OP(=O)([O-])[O-])[C@@H](OP(=O)([O-])[O-])C1OP(=O)([O-])[O-]. The summed E-state index contributed by atoms with van der Waals surface area (Å²) in [5.41, 5.74) is 0. The monoisotopic (exact) mass is 1210 g/mol. The standard InChI is InChI=1S/C16H40O43P10/c17-60(18,19)50-7-5(8(51-61(20,21)22)12(55-65(32,33)34)15(58-68(41,42)43)11(7)54-64(29,30)31)48-3-1-47-2-4-49-6-9(52-62(23,24)25)13(56-66(35,36)37)16(59-69(44,45)46)14(57-67(38,39)40)10(6)53-63(26,27)28/h5-16H,1-4H2,(H2,17,18,19)(H2,20,21,22)(H2,23,24,25)(H2,26,27,28)(H2,29,30,31)(H2,32,33,34)(H2,35,36,37)(H2,38,39,40)(H2,41,42,43)(H2,44,45,46)/p-20/t5?,6?,7-,8+,9-,10+,11+,12-,13?,14?,15?,16?. The van der Waals surface area contributed by atoms with E-state index in [0.717, 1.165) is 0 Å². The summed E-state index contributed by atoms with van der Waals surface area (Å²) in [5.74, 6) is 0. The topological polar surface area (TPSA) is 752 Å². The van der Waals surface area contributed by atoms with E-state index >= 15 is 0 Å². The van der Waals surface area contributed by atoms with Gasteiger partial charge in [0.15, 0.2) is 0 Å². The van der Waals surface area contributed by atoms with Gasteiger partial charge < -0.3 is 203 Å². The van der Waals surface area contributed by atoms with Gasteiger partial charge >= 0.3 is 0 Å². The van der Waals surface area contributed by atoms with E-state index in [4.69, 9.17) is 14.2 Å². The van der Waals surface area contributed by atoms with Crippen LogP contribution in [0.25, 0.3) is 0 Å². The van der Waals surface area contributed by atoms with Crippen LogP contribution < -0.4 is 97.9 Å². The van der Waals surface area contributed by atoms with E-state index < -0.39 is 178 Å². The quantitative estimate of drug-likeness (QED) is 0.0518. The summed E-state index contributed by atoms with van der Waals surface area (Å²) in [6.07, 6.45) is -42.1. The number of phosphoric ester groups is 10. The van der Waals surface area contributed by atoms with E-state index in [0.29, 0.717) is 0 Å². The molecule has 6 unspecified atom stereocenters. The van der Waals surface area contributed by atoms with E-state index in [9.17, 15) is 144 Å². The molecular formula is C16H20O43P10-20. The predicted octanol–water partition coefficient (Wildman–Crippen LogP) is -18.1. The molecule has 0 bridgehead atoms. The zero-order chi connectivity index (χ0) is 53.9. The molecule has 0 aromatic carbocycles. The molecule has 0 spiro atoms. The molecule has 0 aromatic heterocycles. The van der Waals surface area contributed by atoms with Crippen LogP contribution in [0.3, 0.4) is 0 Å². The van der Waals surface area contributed by atoms with Crippen LogP contribution in [0.5, 0.6) is 0 Å². The number of hydrogen-bond donors (Lipinski definition) is 0. The molecule has 12 atom stereocenters. The Bertz CT molecular complexity index is 1920. The van der Waals surface area contributed by atoms with Crippen molar-refractivity contribution in [3.8, 4) is 0 Å². The minimum Gasteiger partial charge on any atom is -0.790 e. The Kier molecular flexibility index (Phi) is 23.5. The Balaban J connectivity index is 2.65. The Labute approximate surface area is 380 Å². The van der Waals surface area contributed by atoms with Crippen LogP contribution in [-0.2, 0) is 105 Å². The number of hydrogen-bond acceptors (Lipinski definition) is 43. The summed E-state index contributed by atoms with van der Waals surface area (Å²) in [4.78, 5) is 232. The first-order chi connectivity index (χ1) is 30.4.